The summed E-state index contributed by atoms with van der Waals surface area (Å²) in [6.07, 6.45) is 2.80. The number of hydrazone groups is 1. The molecule has 1 saturated heterocycles. The molecule has 0 aromatic heterocycles. The fourth-order valence-electron chi connectivity index (χ4n) is 2.39. The van der Waals surface area contributed by atoms with Crippen molar-refractivity contribution in [3.8, 4) is 6.07 Å². The van der Waals surface area contributed by atoms with Crippen molar-refractivity contribution in [1.82, 2.24) is 4.31 Å². The van der Waals surface area contributed by atoms with E-state index in [0.717, 1.165) is 19.3 Å². The highest BCUT2D eigenvalue weighted by Crippen LogP contribution is 2.21. The molecular formula is C16H20N4O4S. The molecule has 25 heavy (non-hydrogen) atoms. The van der Waals surface area contributed by atoms with E-state index in [1.54, 1.807) is 13.0 Å². The van der Waals surface area contributed by atoms with Gasteiger partial charge >= 0.3 is 5.97 Å². The van der Waals surface area contributed by atoms with Crippen LogP contribution in [0, 0.1) is 11.3 Å². The first-order chi connectivity index (χ1) is 12.0. The predicted octanol–water partition coefficient (Wildman–Crippen LogP) is 1.72. The minimum atomic E-state index is -3.49. The van der Waals surface area contributed by atoms with Gasteiger partial charge in [-0.25, -0.2) is 13.2 Å². The zero-order valence-electron chi connectivity index (χ0n) is 13.9. The number of anilines is 1. The third-order valence-corrected chi connectivity index (χ3v) is 5.59. The quantitative estimate of drug-likeness (QED) is 0.467. The molecule has 0 spiro atoms. The topological polar surface area (TPSA) is 112 Å². The number of carbonyl (C=O) groups is 1. The molecule has 134 valence electrons. The van der Waals surface area contributed by atoms with E-state index in [0.29, 0.717) is 18.8 Å². The van der Waals surface area contributed by atoms with Crippen LogP contribution in [-0.2, 0) is 19.6 Å². The second-order valence-electron chi connectivity index (χ2n) is 5.39. The normalized spacial score (nSPS) is 16.1. The van der Waals surface area contributed by atoms with Crippen LogP contribution in [0.25, 0.3) is 0 Å². The number of piperidine rings is 1. The summed E-state index contributed by atoms with van der Waals surface area (Å²) in [5.74, 6) is -0.818. The zero-order chi connectivity index (χ0) is 18.3. The molecule has 2 rings (SSSR count). The average molecular weight is 364 g/mol. The first-order valence-corrected chi connectivity index (χ1v) is 9.44. The molecule has 1 aliphatic heterocycles. The molecule has 0 bridgehead atoms. The molecule has 0 amide bonds. The number of hydrogen-bond acceptors (Lipinski definition) is 7. The summed E-state index contributed by atoms with van der Waals surface area (Å²) < 4.78 is 31.3. The van der Waals surface area contributed by atoms with Crippen molar-refractivity contribution in [2.24, 2.45) is 5.10 Å². The van der Waals surface area contributed by atoms with Gasteiger partial charge in [0.25, 0.3) is 0 Å². The van der Waals surface area contributed by atoms with E-state index in [-0.39, 0.29) is 11.5 Å². The summed E-state index contributed by atoms with van der Waals surface area (Å²) in [6.45, 7) is 2.85. The summed E-state index contributed by atoms with van der Waals surface area (Å²) in [4.78, 5) is 11.7. The van der Waals surface area contributed by atoms with Gasteiger partial charge in [-0.15, -0.1) is 0 Å². The van der Waals surface area contributed by atoms with E-state index in [4.69, 9.17) is 10.00 Å². The van der Waals surface area contributed by atoms with Crippen LogP contribution in [0.1, 0.15) is 26.2 Å². The molecule has 0 unspecified atom stereocenters. The van der Waals surface area contributed by atoms with E-state index >= 15 is 0 Å². The lowest BCUT2D eigenvalue weighted by Gasteiger charge is -2.25. The number of ether oxygens (including phenoxy) is 1. The molecule has 0 saturated carbocycles. The molecule has 1 heterocycles. The molecule has 8 nitrogen and oxygen atoms in total. The van der Waals surface area contributed by atoms with E-state index in [1.165, 1.54) is 28.6 Å². The lowest BCUT2D eigenvalue weighted by atomic mass is 10.2. The molecule has 1 N–H and O–H groups in total. The molecular weight excluding hydrogens is 344 g/mol. The van der Waals surface area contributed by atoms with Crippen molar-refractivity contribution in [3.05, 3.63) is 24.3 Å². The number of hydrogen-bond donors (Lipinski definition) is 1. The van der Waals surface area contributed by atoms with Crippen molar-refractivity contribution >= 4 is 27.4 Å². The van der Waals surface area contributed by atoms with Crippen LogP contribution in [0.4, 0.5) is 5.69 Å². The van der Waals surface area contributed by atoms with E-state index in [2.05, 4.69) is 10.5 Å². The second kappa shape index (κ2) is 8.60. The Morgan fingerprint density at radius 1 is 1.28 bits per heavy atom. The minimum Gasteiger partial charge on any atom is -0.461 e. The third kappa shape index (κ3) is 4.78. The highest BCUT2D eigenvalue weighted by atomic mass is 32.2. The lowest BCUT2D eigenvalue weighted by molar-refractivity contribution is -0.134. The Labute approximate surface area is 147 Å². The van der Waals surface area contributed by atoms with Gasteiger partial charge in [0.1, 0.15) is 6.07 Å². The average Bonchev–Trinajstić information content (AvgIpc) is 2.63. The van der Waals surface area contributed by atoms with Gasteiger partial charge in [0, 0.05) is 13.1 Å². The van der Waals surface area contributed by atoms with Crippen LogP contribution < -0.4 is 5.43 Å². The van der Waals surface area contributed by atoms with Crippen LogP contribution in [0.3, 0.4) is 0 Å². The van der Waals surface area contributed by atoms with Gasteiger partial charge in [-0.2, -0.15) is 14.7 Å². The summed E-state index contributed by atoms with van der Waals surface area (Å²) >= 11 is 0. The molecule has 0 radical (unpaired) electrons. The highest BCUT2D eigenvalue weighted by Gasteiger charge is 2.25. The SMILES string of the molecule is CCOC(=O)/C(C#N)=N/Nc1ccc(S(=O)(=O)N2CCCCC2)cc1. The second-order valence-corrected chi connectivity index (χ2v) is 7.33. The number of carbonyl (C=O) groups excluding carboxylic acids is 1. The van der Waals surface area contributed by atoms with E-state index in [9.17, 15) is 13.2 Å². The standard InChI is InChI=1S/C16H20N4O4S/c1-2-24-16(21)15(12-17)19-18-13-6-8-14(9-7-13)25(22,23)20-10-4-3-5-11-20/h6-9,18H,2-5,10-11H2,1H3/b19-15+. The first kappa shape index (κ1) is 18.9. The Morgan fingerprint density at radius 3 is 2.48 bits per heavy atom. The Bertz CT molecular complexity index is 775. The largest absolute Gasteiger partial charge is 0.461 e. The minimum absolute atomic E-state index is 0.141. The number of nitrogens with one attached hydrogen (secondary N) is 1. The van der Waals surface area contributed by atoms with Gasteiger partial charge in [0.05, 0.1) is 17.2 Å². The summed E-state index contributed by atoms with van der Waals surface area (Å²) in [5, 5.41) is 12.6. The van der Waals surface area contributed by atoms with Crippen molar-refractivity contribution in [2.45, 2.75) is 31.1 Å². The number of nitriles is 1. The molecule has 1 aliphatic rings. The molecule has 1 aromatic rings. The maximum atomic E-state index is 12.5. The maximum absolute atomic E-state index is 12.5. The van der Waals surface area contributed by atoms with Crippen molar-refractivity contribution < 1.29 is 17.9 Å². The van der Waals surface area contributed by atoms with Crippen molar-refractivity contribution in [2.75, 3.05) is 25.1 Å². The van der Waals surface area contributed by atoms with Gasteiger partial charge in [-0.3, -0.25) is 5.43 Å². The number of benzene rings is 1. The number of rotatable bonds is 6. The summed E-state index contributed by atoms with van der Waals surface area (Å²) in [7, 11) is -3.49. The molecule has 9 heteroatoms. The van der Waals surface area contributed by atoms with E-state index in [1.807, 2.05) is 0 Å². The summed E-state index contributed by atoms with van der Waals surface area (Å²) in [5.41, 5.74) is 2.59. The lowest BCUT2D eigenvalue weighted by Crippen LogP contribution is -2.35. The Morgan fingerprint density at radius 2 is 1.92 bits per heavy atom. The fourth-order valence-corrected chi connectivity index (χ4v) is 3.91. The Hall–Kier alpha value is -2.44. The predicted molar refractivity (Wildman–Crippen MR) is 92.4 cm³/mol. The van der Waals surface area contributed by atoms with E-state index < -0.39 is 21.7 Å². The van der Waals surface area contributed by atoms with Gasteiger partial charge in [-0.1, -0.05) is 6.42 Å². The smallest absolute Gasteiger partial charge is 0.369 e. The van der Waals surface area contributed by atoms with Crippen LogP contribution in [0.2, 0.25) is 0 Å². The molecule has 0 atom stereocenters. The van der Waals surface area contributed by atoms with Crippen molar-refractivity contribution in [1.29, 1.82) is 5.26 Å². The fraction of sp³-hybridized carbons (Fsp3) is 0.438. The molecule has 0 aliphatic carbocycles. The molecule has 1 aromatic carbocycles. The first-order valence-electron chi connectivity index (χ1n) is 8.00. The maximum Gasteiger partial charge on any atom is 0.369 e. The number of nitrogens with zero attached hydrogens (tertiary/aromatic N) is 3. The van der Waals surface area contributed by atoms with Gasteiger partial charge in [0.2, 0.25) is 15.7 Å². The van der Waals surface area contributed by atoms with Crippen LogP contribution >= 0.6 is 0 Å². The Balaban J connectivity index is 2.09. The van der Waals surface area contributed by atoms with Gasteiger partial charge < -0.3 is 4.74 Å². The number of esters is 1. The van der Waals surface area contributed by atoms with Crippen molar-refractivity contribution in [3.63, 3.8) is 0 Å². The zero-order valence-corrected chi connectivity index (χ0v) is 14.8. The number of sulfonamides is 1. The third-order valence-electron chi connectivity index (χ3n) is 3.68. The molecule has 1 fully saturated rings. The van der Waals surface area contributed by atoms with Crippen LogP contribution in [-0.4, -0.2) is 44.1 Å². The highest BCUT2D eigenvalue weighted by molar-refractivity contribution is 7.89. The van der Waals surface area contributed by atoms with Crippen LogP contribution in [0.5, 0.6) is 0 Å². The monoisotopic (exact) mass is 364 g/mol. The summed E-state index contributed by atoms with van der Waals surface area (Å²) in [6, 6.07) is 7.64. The Kier molecular flexibility index (Phi) is 6.50. The van der Waals surface area contributed by atoms with Crippen LogP contribution in [0.15, 0.2) is 34.3 Å². The van der Waals surface area contributed by atoms with Gasteiger partial charge in [-0.05, 0) is 44.0 Å². The van der Waals surface area contributed by atoms with Gasteiger partial charge in [0.15, 0.2) is 0 Å².